The van der Waals surface area contributed by atoms with E-state index in [-0.39, 0.29) is 12.5 Å². The van der Waals surface area contributed by atoms with Crippen molar-refractivity contribution in [3.05, 3.63) is 64.7 Å². The Kier molecular flexibility index (Phi) is 6.04. The lowest BCUT2D eigenvalue weighted by Gasteiger charge is -2.09. The van der Waals surface area contributed by atoms with Crippen LogP contribution in [0.1, 0.15) is 27.0 Å². The van der Waals surface area contributed by atoms with Crippen molar-refractivity contribution in [1.82, 2.24) is 5.32 Å². The molecule has 0 fully saturated rings. The molecular weight excluding hydrogens is 294 g/mol. The van der Waals surface area contributed by atoms with E-state index in [0.717, 1.165) is 33.6 Å². The second kappa shape index (κ2) is 8.01. The maximum absolute atomic E-state index is 12.3. The lowest BCUT2D eigenvalue weighted by molar-refractivity contribution is 0.0953. The lowest BCUT2D eigenvalue weighted by Crippen LogP contribution is -2.26. The highest BCUT2D eigenvalue weighted by molar-refractivity contribution is 7.98. The van der Waals surface area contributed by atoms with E-state index < -0.39 is 0 Å². The molecule has 0 aromatic heterocycles. The second-order valence-corrected chi connectivity index (χ2v) is 6.04. The van der Waals surface area contributed by atoms with E-state index in [2.05, 4.69) is 5.32 Å². The topological polar surface area (TPSA) is 49.3 Å². The van der Waals surface area contributed by atoms with Crippen LogP contribution in [0.25, 0.3) is 0 Å². The van der Waals surface area contributed by atoms with E-state index in [1.165, 1.54) is 0 Å². The van der Waals surface area contributed by atoms with Gasteiger partial charge in [0, 0.05) is 17.0 Å². The number of aliphatic hydroxyl groups excluding tert-OH is 1. The van der Waals surface area contributed by atoms with Crippen molar-refractivity contribution in [1.29, 1.82) is 0 Å². The first kappa shape index (κ1) is 16.6. The maximum atomic E-state index is 12.3. The van der Waals surface area contributed by atoms with Gasteiger partial charge in [-0.1, -0.05) is 30.3 Å². The van der Waals surface area contributed by atoms with E-state index in [0.29, 0.717) is 6.54 Å². The molecule has 0 radical (unpaired) electrons. The van der Waals surface area contributed by atoms with Gasteiger partial charge in [-0.25, -0.2) is 0 Å². The standard InChI is InChI=1S/C18H21NO2S/c1-13-3-8-16(22-2)11-17(13)18(21)19-10-9-14-4-6-15(12-20)7-5-14/h3-8,11,20H,9-10,12H2,1-2H3,(H,19,21). The van der Waals surface area contributed by atoms with Crippen LogP contribution in [0.4, 0.5) is 0 Å². The highest BCUT2D eigenvalue weighted by Gasteiger charge is 2.09. The van der Waals surface area contributed by atoms with Crippen molar-refractivity contribution in [2.75, 3.05) is 12.8 Å². The Morgan fingerprint density at radius 1 is 1.14 bits per heavy atom. The van der Waals surface area contributed by atoms with Gasteiger partial charge in [-0.05, 0) is 48.4 Å². The number of amides is 1. The van der Waals surface area contributed by atoms with Crippen LogP contribution in [-0.4, -0.2) is 23.8 Å². The van der Waals surface area contributed by atoms with Crippen LogP contribution in [-0.2, 0) is 13.0 Å². The normalized spacial score (nSPS) is 10.5. The van der Waals surface area contributed by atoms with Crippen LogP contribution in [0.2, 0.25) is 0 Å². The average Bonchev–Trinajstić information content (AvgIpc) is 2.55. The van der Waals surface area contributed by atoms with Crippen molar-refractivity contribution < 1.29 is 9.90 Å². The largest absolute Gasteiger partial charge is 0.392 e. The summed E-state index contributed by atoms with van der Waals surface area (Å²) in [4.78, 5) is 13.4. The summed E-state index contributed by atoms with van der Waals surface area (Å²) in [6.45, 7) is 2.61. The molecule has 0 aliphatic heterocycles. The van der Waals surface area contributed by atoms with Gasteiger partial charge in [0.05, 0.1) is 6.61 Å². The van der Waals surface area contributed by atoms with E-state index in [4.69, 9.17) is 5.11 Å². The first-order chi connectivity index (χ1) is 10.6. The second-order valence-electron chi connectivity index (χ2n) is 5.16. The molecule has 2 rings (SSSR count). The van der Waals surface area contributed by atoms with Crippen LogP contribution in [0.5, 0.6) is 0 Å². The molecule has 0 saturated carbocycles. The highest BCUT2D eigenvalue weighted by atomic mass is 32.2. The summed E-state index contributed by atoms with van der Waals surface area (Å²) in [6, 6.07) is 13.7. The fraction of sp³-hybridized carbons (Fsp3) is 0.278. The fourth-order valence-electron chi connectivity index (χ4n) is 2.20. The van der Waals surface area contributed by atoms with Crippen molar-refractivity contribution in [3.63, 3.8) is 0 Å². The van der Waals surface area contributed by atoms with Crippen molar-refractivity contribution >= 4 is 17.7 Å². The predicted octanol–water partition coefficient (Wildman–Crippen LogP) is 3.18. The first-order valence-corrected chi connectivity index (χ1v) is 8.48. The molecular formula is C18H21NO2S. The predicted molar refractivity (Wildman–Crippen MR) is 91.4 cm³/mol. The first-order valence-electron chi connectivity index (χ1n) is 7.25. The Labute approximate surface area is 135 Å². The highest BCUT2D eigenvalue weighted by Crippen LogP contribution is 2.19. The number of hydrogen-bond acceptors (Lipinski definition) is 3. The minimum atomic E-state index is -0.0274. The van der Waals surface area contributed by atoms with Crippen molar-refractivity contribution in [2.45, 2.75) is 24.8 Å². The van der Waals surface area contributed by atoms with Gasteiger partial charge >= 0.3 is 0 Å². The van der Waals surface area contributed by atoms with Crippen LogP contribution in [0, 0.1) is 6.92 Å². The number of nitrogens with one attached hydrogen (secondary N) is 1. The summed E-state index contributed by atoms with van der Waals surface area (Å²) < 4.78 is 0. The van der Waals surface area contributed by atoms with Gasteiger partial charge in [0.15, 0.2) is 0 Å². The number of carbonyl (C=O) groups is 1. The third-order valence-electron chi connectivity index (χ3n) is 3.59. The quantitative estimate of drug-likeness (QED) is 0.805. The van der Waals surface area contributed by atoms with E-state index >= 15 is 0 Å². The third kappa shape index (κ3) is 4.36. The molecule has 2 aromatic rings. The van der Waals surface area contributed by atoms with Crippen LogP contribution >= 0.6 is 11.8 Å². The molecule has 116 valence electrons. The van der Waals surface area contributed by atoms with Gasteiger partial charge in [-0.15, -0.1) is 11.8 Å². The van der Waals surface area contributed by atoms with Gasteiger partial charge in [0.25, 0.3) is 5.91 Å². The van der Waals surface area contributed by atoms with E-state index in [9.17, 15) is 4.79 Å². The van der Waals surface area contributed by atoms with Gasteiger partial charge in [-0.2, -0.15) is 0 Å². The maximum Gasteiger partial charge on any atom is 0.251 e. The molecule has 1 amide bonds. The van der Waals surface area contributed by atoms with Crippen molar-refractivity contribution in [3.8, 4) is 0 Å². The Bertz CT molecular complexity index is 638. The Morgan fingerprint density at radius 2 is 1.82 bits per heavy atom. The third-order valence-corrected chi connectivity index (χ3v) is 4.32. The molecule has 0 spiro atoms. The van der Waals surface area contributed by atoms with E-state index in [1.807, 2.05) is 55.6 Å². The van der Waals surface area contributed by atoms with Crippen LogP contribution in [0.3, 0.4) is 0 Å². The summed E-state index contributed by atoms with van der Waals surface area (Å²) in [7, 11) is 0. The molecule has 0 saturated heterocycles. The van der Waals surface area contributed by atoms with Crippen molar-refractivity contribution in [2.24, 2.45) is 0 Å². The summed E-state index contributed by atoms with van der Waals surface area (Å²) >= 11 is 1.63. The molecule has 0 unspecified atom stereocenters. The van der Waals surface area contributed by atoms with Gasteiger partial charge in [0.2, 0.25) is 0 Å². The number of aryl methyl sites for hydroxylation is 1. The molecule has 0 aliphatic rings. The number of aliphatic hydroxyl groups is 1. The zero-order valence-corrected chi connectivity index (χ0v) is 13.7. The van der Waals surface area contributed by atoms with Gasteiger partial charge in [0.1, 0.15) is 0 Å². The van der Waals surface area contributed by atoms with E-state index in [1.54, 1.807) is 11.8 Å². The summed E-state index contributed by atoms with van der Waals surface area (Å²) in [5.41, 5.74) is 3.77. The Hall–Kier alpha value is -1.78. The SMILES string of the molecule is CSc1ccc(C)c(C(=O)NCCc2ccc(CO)cc2)c1. The molecule has 0 bridgehead atoms. The van der Waals surface area contributed by atoms with Gasteiger partial charge < -0.3 is 10.4 Å². The summed E-state index contributed by atoms with van der Waals surface area (Å²) in [5.74, 6) is -0.0274. The summed E-state index contributed by atoms with van der Waals surface area (Å²) in [5, 5.41) is 12.0. The molecule has 0 atom stereocenters. The molecule has 2 aromatic carbocycles. The number of benzene rings is 2. The number of hydrogen-bond donors (Lipinski definition) is 2. The lowest BCUT2D eigenvalue weighted by atomic mass is 10.1. The molecule has 0 heterocycles. The zero-order chi connectivity index (χ0) is 15.9. The van der Waals surface area contributed by atoms with Gasteiger partial charge in [-0.3, -0.25) is 4.79 Å². The molecule has 3 nitrogen and oxygen atoms in total. The fourth-order valence-corrected chi connectivity index (χ4v) is 2.64. The number of carbonyl (C=O) groups excluding carboxylic acids is 1. The minimum Gasteiger partial charge on any atom is -0.392 e. The Balaban J connectivity index is 1.92. The summed E-state index contributed by atoms with van der Waals surface area (Å²) in [6.07, 6.45) is 2.78. The zero-order valence-electron chi connectivity index (χ0n) is 12.9. The Morgan fingerprint density at radius 3 is 2.45 bits per heavy atom. The average molecular weight is 315 g/mol. The van der Waals surface area contributed by atoms with Crippen LogP contribution in [0.15, 0.2) is 47.4 Å². The molecule has 2 N–H and O–H groups in total. The monoisotopic (exact) mass is 315 g/mol. The number of thioether (sulfide) groups is 1. The molecule has 0 aliphatic carbocycles. The molecule has 4 heteroatoms. The molecule has 22 heavy (non-hydrogen) atoms. The minimum absolute atomic E-state index is 0.0274. The van der Waals surface area contributed by atoms with Crippen LogP contribution < -0.4 is 5.32 Å². The smallest absolute Gasteiger partial charge is 0.251 e. The number of rotatable bonds is 6.